The quantitative estimate of drug-likeness (QED) is 0.361. The number of nitrogens with zero attached hydrogens (tertiary/aromatic N) is 1. The van der Waals surface area contributed by atoms with E-state index in [2.05, 4.69) is 29.5 Å². The molecule has 4 rings (SSSR count). The molecule has 1 unspecified atom stereocenters. The Hall–Kier alpha value is -3.45. The van der Waals surface area contributed by atoms with Crippen LogP contribution in [0.5, 0.6) is 5.75 Å². The summed E-state index contributed by atoms with van der Waals surface area (Å²) in [6.45, 7) is 6.01. The number of aliphatic hydroxyl groups is 1. The lowest BCUT2D eigenvalue weighted by molar-refractivity contribution is 0.0995. The van der Waals surface area contributed by atoms with Gasteiger partial charge < -0.3 is 20.8 Å². The zero-order valence-corrected chi connectivity index (χ0v) is 19.7. The number of hydrogen-bond acceptors (Lipinski definition) is 6. The van der Waals surface area contributed by atoms with Crippen molar-refractivity contribution in [2.75, 3.05) is 17.2 Å². The lowest BCUT2D eigenvalue weighted by Gasteiger charge is -2.18. The second-order valence-electron chi connectivity index (χ2n) is 9.27. The van der Waals surface area contributed by atoms with Crippen molar-refractivity contribution in [3.63, 3.8) is 0 Å². The standard InChI is InChI=1S/C27H30FN3O3/c1-15(2)18(14-32)6-4-17-5-7-21-19(11-17)12-25(34)26-22(8-9-29-27(26)31-21)30-23-13-24(33)16(3)10-20(23)28/h5,7-11,13,15,18,32-33H,4,6,12,14H2,1-3H3,(H2,29,30,31). The summed E-state index contributed by atoms with van der Waals surface area (Å²) in [7, 11) is 0. The number of rotatable bonds is 7. The van der Waals surface area contributed by atoms with Crippen LogP contribution < -0.4 is 10.6 Å². The average Bonchev–Trinajstić information content (AvgIpc) is 2.93. The first kappa shape index (κ1) is 23.7. The Morgan fingerprint density at radius 1 is 1.18 bits per heavy atom. The number of phenols is 1. The van der Waals surface area contributed by atoms with E-state index >= 15 is 0 Å². The monoisotopic (exact) mass is 463 g/mol. The van der Waals surface area contributed by atoms with Crippen molar-refractivity contribution < 1.29 is 19.4 Å². The van der Waals surface area contributed by atoms with E-state index in [1.54, 1.807) is 19.2 Å². The van der Waals surface area contributed by atoms with E-state index in [1.165, 1.54) is 12.1 Å². The minimum Gasteiger partial charge on any atom is -0.508 e. The van der Waals surface area contributed by atoms with Gasteiger partial charge in [-0.15, -0.1) is 0 Å². The van der Waals surface area contributed by atoms with Crippen LogP contribution in [0.15, 0.2) is 42.6 Å². The van der Waals surface area contributed by atoms with Crippen molar-refractivity contribution in [1.82, 2.24) is 4.98 Å². The minimum atomic E-state index is -0.523. The molecule has 0 spiro atoms. The highest BCUT2D eigenvalue weighted by Gasteiger charge is 2.25. The van der Waals surface area contributed by atoms with Gasteiger partial charge in [0.15, 0.2) is 5.78 Å². The highest BCUT2D eigenvalue weighted by atomic mass is 19.1. The second-order valence-corrected chi connectivity index (χ2v) is 9.27. The van der Waals surface area contributed by atoms with Crippen molar-refractivity contribution in [1.29, 1.82) is 0 Å². The maximum Gasteiger partial charge on any atom is 0.173 e. The minimum absolute atomic E-state index is 0.0330. The molecule has 7 heteroatoms. The van der Waals surface area contributed by atoms with Gasteiger partial charge in [0.05, 0.1) is 16.9 Å². The number of anilines is 4. The van der Waals surface area contributed by atoms with Gasteiger partial charge in [0.1, 0.15) is 17.4 Å². The van der Waals surface area contributed by atoms with Crippen LogP contribution in [-0.4, -0.2) is 27.6 Å². The molecule has 1 aliphatic heterocycles. The van der Waals surface area contributed by atoms with E-state index < -0.39 is 5.82 Å². The first-order valence-electron chi connectivity index (χ1n) is 11.5. The van der Waals surface area contributed by atoms with Gasteiger partial charge in [0.25, 0.3) is 0 Å². The highest BCUT2D eigenvalue weighted by Crippen LogP contribution is 2.36. The fourth-order valence-corrected chi connectivity index (χ4v) is 4.29. The summed E-state index contributed by atoms with van der Waals surface area (Å²) in [4.78, 5) is 17.7. The van der Waals surface area contributed by atoms with Crippen LogP contribution in [0.1, 0.15) is 47.3 Å². The van der Waals surface area contributed by atoms with Gasteiger partial charge in [-0.25, -0.2) is 9.37 Å². The number of hydrogen-bond donors (Lipinski definition) is 4. The van der Waals surface area contributed by atoms with E-state index in [1.807, 2.05) is 18.2 Å². The van der Waals surface area contributed by atoms with Gasteiger partial charge in [-0.2, -0.15) is 0 Å². The van der Waals surface area contributed by atoms with Crippen LogP contribution in [0.2, 0.25) is 0 Å². The second kappa shape index (κ2) is 9.81. The Bertz CT molecular complexity index is 1230. The molecule has 0 saturated carbocycles. The zero-order valence-electron chi connectivity index (χ0n) is 19.7. The number of aryl methyl sites for hydroxylation is 2. The van der Waals surface area contributed by atoms with Crippen LogP contribution in [0.4, 0.5) is 27.3 Å². The number of benzene rings is 2. The number of fused-ring (bicyclic) bond motifs is 2. The molecule has 0 bridgehead atoms. The van der Waals surface area contributed by atoms with E-state index in [0.29, 0.717) is 28.6 Å². The number of ketones is 1. The van der Waals surface area contributed by atoms with Crippen LogP contribution in [0, 0.1) is 24.6 Å². The average molecular weight is 464 g/mol. The van der Waals surface area contributed by atoms with Gasteiger partial charge >= 0.3 is 0 Å². The summed E-state index contributed by atoms with van der Waals surface area (Å²) in [5.74, 6) is 0.349. The largest absolute Gasteiger partial charge is 0.508 e. The smallest absolute Gasteiger partial charge is 0.173 e. The third kappa shape index (κ3) is 4.89. The van der Waals surface area contributed by atoms with E-state index in [0.717, 1.165) is 29.7 Å². The third-order valence-electron chi connectivity index (χ3n) is 6.54. The Kier molecular flexibility index (Phi) is 6.84. The first-order chi connectivity index (χ1) is 16.3. The molecule has 2 heterocycles. The summed E-state index contributed by atoms with van der Waals surface area (Å²) in [5, 5.41) is 25.8. The maximum absolute atomic E-state index is 14.5. The van der Waals surface area contributed by atoms with Crippen LogP contribution >= 0.6 is 0 Å². The van der Waals surface area contributed by atoms with E-state index in [4.69, 9.17) is 0 Å². The highest BCUT2D eigenvalue weighted by molar-refractivity contribution is 6.09. The lowest BCUT2D eigenvalue weighted by atomic mass is 9.90. The van der Waals surface area contributed by atoms with Gasteiger partial charge in [0, 0.05) is 31.0 Å². The lowest BCUT2D eigenvalue weighted by Crippen LogP contribution is -2.14. The number of phenolic OH excluding ortho intramolecular Hbond substituents is 1. The van der Waals surface area contributed by atoms with E-state index in [-0.39, 0.29) is 36.2 Å². The van der Waals surface area contributed by atoms with Gasteiger partial charge in [-0.1, -0.05) is 26.0 Å². The van der Waals surface area contributed by atoms with E-state index in [9.17, 15) is 19.4 Å². The normalized spacial score (nSPS) is 13.6. The molecule has 0 fully saturated rings. The van der Waals surface area contributed by atoms with Crippen LogP contribution in [0.3, 0.4) is 0 Å². The number of Topliss-reactive ketones (excluding diaryl/α,β-unsaturated/α-hetero) is 1. The summed E-state index contributed by atoms with van der Waals surface area (Å²) >= 11 is 0. The predicted octanol–water partition coefficient (Wildman–Crippen LogP) is 5.66. The molecule has 0 aliphatic carbocycles. The molecule has 34 heavy (non-hydrogen) atoms. The Morgan fingerprint density at radius 2 is 1.97 bits per heavy atom. The van der Waals surface area contributed by atoms with Gasteiger partial charge in [-0.05, 0) is 66.5 Å². The Morgan fingerprint density at radius 3 is 2.71 bits per heavy atom. The third-order valence-corrected chi connectivity index (χ3v) is 6.54. The number of nitrogens with one attached hydrogen (secondary N) is 2. The Labute approximate surface area is 198 Å². The number of pyridine rings is 1. The molecule has 3 aromatic rings. The van der Waals surface area contributed by atoms with Gasteiger partial charge in [-0.3, -0.25) is 4.79 Å². The molecule has 1 atom stereocenters. The molecule has 1 aromatic heterocycles. The molecule has 2 aromatic carbocycles. The molecular formula is C27H30FN3O3. The van der Waals surface area contributed by atoms with Crippen molar-refractivity contribution in [2.45, 2.75) is 40.0 Å². The Balaban J connectivity index is 1.60. The predicted molar refractivity (Wildman–Crippen MR) is 132 cm³/mol. The number of carbonyl (C=O) groups excluding carboxylic acids is 1. The topological polar surface area (TPSA) is 94.5 Å². The van der Waals surface area contributed by atoms with Crippen molar-refractivity contribution in [3.05, 3.63) is 70.7 Å². The molecule has 4 N–H and O–H groups in total. The molecule has 178 valence electrons. The van der Waals surface area contributed by atoms with Crippen molar-refractivity contribution in [2.24, 2.45) is 11.8 Å². The molecule has 0 amide bonds. The molecular weight excluding hydrogens is 433 g/mol. The molecule has 6 nitrogen and oxygen atoms in total. The maximum atomic E-state index is 14.5. The fourth-order valence-electron chi connectivity index (χ4n) is 4.29. The molecule has 0 saturated heterocycles. The first-order valence-corrected chi connectivity index (χ1v) is 11.5. The molecule has 0 radical (unpaired) electrons. The summed E-state index contributed by atoms with van der Waals surface area (Å²) in [6, 6.07) is 10.2. The summed E-state index contributed by atoms with van der Waals surface area (Å²) < 4.78 is 14.5. The van der Waals surface area contributed by atoms with Crippen molar-refractivity contribution in [3.8, 4) is 5.75 Å². The van der Waals surface area contributed by atoms with Crippen molar-refractivity contribution >= 4 is 28.7 Å². The fraction of sp³-hybridized carbons (Fsp3) is 0.333. The number of aromatic nitrogens is 1. The number of halogens is 1. The van der Waals surface area contributed by atoms with Crippen LogP contribution in [0.25, 0.3) is 0 Å². The number of aliphatic hydroxyl groups excluding tert-OH is 1. The zero-order chi connectivity index (χ0) is 24.4. The van der Waals surface area contributed by atoms with Gasteiger partial charge in [0.2, 0.25) is 0 Å². The number of aromatic hydroxyl groups is 1. The number of carbonyl (C=O) groups is 1. The van der Waals surface area contributed by atoms with Crippen LogP contribution in [-0.2, 0) is 12.8 Å². The summed E-state index contributed by atoms with van der Waals surface area (Å²) in [5.41, 5.74) is 4.07. The SMILES string of the molecule is Cc1cc(F)c(Nc2ccnc3c2C(=O)Cc2cc(CCC(CO)C(C)C)ccc2N3)cc1O. The summed E-state index contributed by atoms with van der Waals surface area (Å²) in [6.07, 6.45) is 3.42. The molecule has 1 aliphatic rings.